The number of fused-ring (bicyclic) bond motifs is 4. The van der Waals surface area contributed by atoms with Gasteiger partial charge >= 0.3 is 0 Å². The van der Waals surface area contributed by atoms with Crippen LogP contribution in [0.25, 0.3) is 0 Å². The first-order valence-corrected chi connectivity index (χ1v) is 6.96. The van der Waals surface area contributed by atoms with Gasteiger partial charge in [-0.25, -0.2) is 0 Å². The van der Waals surface area contributed by atoms with E-state index in [0.29, 0.717) is 0 Å². The quantitative estimate of drug-likeness (QED) is 0.737. The topological polar surface area (TPSA) is 15.3 Å². The Bertz CT molecular complexity index is 321. The number of nitrogens with one attached hydrogen (secondary N) is 1. The average Bonchev–Trinajstić information content (AvgIpc) is 2.90. The van der Waals surface area contributed by atoms with E-state index in [1.54, 1.807) is 0 Å². The Morgan fingerprint density at radius 1 is 1.00 bits per heavy atom. The van der Waals surface area contributed by atoms with Gasteiger partial charge in [0.1, 0.15) is 0 Å². The normalized spacial score (nSPS) is 28.9. The minimum Gasteiger partial charge on any atom is -0.384 e. The molecule has 4 aliphatic rings. The molecule has 0 atom stereocenters. The van der Waals surface area contributed by atoms with Crippen LogP contribution in [0.1, 0.15) is 24.8 Å². The van der Waals surface area contributed by atoms with E-state index in [2.05, 4.69) is 34.5 Å². The van der Waals surface area contributed by atoms with Gasteiger partial charge in [-0.05, 0) is 62.9 Å². The van der Waals surface area contributed by atoms with Gasteiger partial charge in [0.2, 0.25) is 0 Å². The fourth-order valence-electron chi connectivity index (χ4n) is 3.11. The molecule has 0 unspecified atom stereocenters. The summed E-state index contributed by atoms with van der Waals surface area (Å²) in [5.41, 5.74) is 2.77. The highest BCUT2D eigenvalue weighted by Crippen LogP contribution is 2.26. The Hall–Kier alpha value is -1.02. The first-order valence-electron chi connectivity index (χ1n) is 6.96. The summed E-state index contributed by atoms with van der Waals surface area (Å²) in [4.78, 5) is 2.58. The summed E-state index contributed by atoms with van der Waals surface area (Å²) in [6.45, 7) is 5.29. The van der Waals surface area contributed by atoms with Gasteiger partial charge in [-0.3, -0.25) is 0 Å². The zero-order valence-electron chi connectivity index (χ0n) is 10.5. The molecular weight excluding hydrogens is 208 g/mol. The van der Waals surface area contributed by atoms with E-state index in [9.17, 15) is 0 Å². The molecule has 3 fully saturated rings. The second-order valence-electron chi connectivity index (χ2n) is 5.41. The van der Waals surface area contributed by atoms with E-state index >= 15 is 0 Å². The van der Waals surface area contributed by atoms with Crippen LogP contribution in [0.4, 0.5) is 5.69 Å². The lowest BCUT2D eigenvalue weighted by Crippen LogP contribution is -2.41. The third-order valence-corrected chi connectivity index (χ3v) is 4.29. The van der Waals surface area contributed by atoms with Crippen molar-refractivity contribution in [2.24, 2.45) is 5.92 Å². The minimum atomic E-state index is 1.11. The van der Waals surface area contributed by atoms with Crippen LogP contribution in [0.2, 0.25) is 0 Å². The highest BCUT2D eigenvalue weighted by Gasteiger charge is 2.24. The van der Waals surface area contributed by atoms with Gasteiger partial charge in [0.05, 0.1) is 0 Å². The molecule has 1 aromatic rings. The minimum absolute atomic E-state index is 1.11. The lowest BCUT2D eigenvalue weighted by Gasteiger charge is -2.38. The van der Waals surface area contributed by atoms with E-state index < -0.39 is 0 Å². The van der Waals surface area contributed by atoms with E-state index in [0.717, 1.165) is 12.5 Å². The fraction of sp³-hybridized carbons (Fsp3) is 0.600. The van der Waals surface area contributed by atoms with Gasteiger partial charge in [0.15, 0.2) is 0 Å². The Kier molecular flexibility index (Phi) is 3.32. The van der Waals surface area contributed by atoms with Crippen LogP contribution in [-0.4, -0.2) is 31.1 Å². The Labute approximate surface area is 104 Å². The molecule has 4 aliphatic heterocycles. The number of benzene rings is 1. The monoisotopic (exact) mass is 230 g/mol. The van der Waals surface area contributed by atoms with E-state index in [1.807, 2.05) is 0 Å². The second-order valence-corrected chi connectivity index (χ2v) is 5.41. The smallest absolute Gasteiger partial charge is 0.0373 e. The number of hydrogen-bond acceptors (Lipinski definition) is 2. The third kappa shape index (κ3) is 2.63. The van der Waals surface area contributed by atoms with Crippen LogP contribution >= 0.6 is 0 Å². The van der Waals surface area contributed by atoms with Crippen molar-refractivity contribution in [1.82, 2.24) is 4.90 Å². The largest absolute Gasteiger partial charge is 0.384 e. The van der Waals surface area contributed by atoms with Crippen molar-refractivity contribution in [3.8, 4) is 0 Å². The molecule has 0 spiro atoms. The van der Waals surface area contributed by atoms with Crippen molar-refractivity contribution in [2.75, 3.05) is 31.5 Å². The summed E-state index contributed by atoms with van der Waals surface area (Å²) in [5, 5.41) is 3.30. The van der Waals surface area contributed by atoms with Gasteiger partial charge in [0, 0.05) is 12.2 Å². The van der Waals surface area contributed by atoms with Crippen molar-refractivity contribution in [2.45, 2.75) is 25.7 Å². The predicted octanol–water partition coefficient (Wildman–Crippen LogP) is 2.76. The standard InChI is InChI=1S/C8H9N.C7H13N/c1-2-4-8-7(3-1)5-6-9-8;1-4-8-5-2-7(1)3-6-8/h1-4,9H,5-6H2;7H,1-6H2. The summed E-state index contributed by atoms with van der Waals surface area (Å²) in [6, 6.07) is 8.46. The first-order chi connectivity index (χ1) is 8.42. The van der Waals surface area contributed by atoms with E-state index in [-0.39, 0.29) is 0 Å². The number of nitrogens with zero attached hydrogens (tertiary/aromatic N) is 1. The highest BCUT2D eigenvalue weighted by molar-refractivity contribution is 5.54. The van der Waals surface area contributed by atoms with Gasteiger partial charge in [-0.15, -0.1) is 0 Å². The van der Waals surface area contributed by atoms with Crippen molar-refractivity contribution >= 4 is 5.69 Å². The van der Waals surface area contributed by atoms with Gasteiger partial charge < -0.3 is 10.2 Å². The van der Waals surface area contributed by atoms with Crippen LogP contribution in [0.3, 0.4) is 0 Å². The first kappa shape index (κ1) is 11.1. The third-order valence-electron chi connectivity index (χ3n) is 4.29. The highest BCUT2D eigenvalue weighted by atomic mass is 15.1. The molecule has 4 heterocycles. The SMILES string of the molecule is C1CN2CCC1CC2.c1ccc2c(c1)CCN2. The predicted molar refractivity (Wildman–Crippen MR) is 72.4 cm³/mol. The molecule has 2 nitrogen and oxygen atoms in total. The number of anilines is 1. The molecule has 17 heavy (non-hydrogen) atoms. The molecule has 5 rings (SSSR count). The molecule has 0 aliphatic carbocycles. The van der Waals surface area contributed by atoms with Crippen molar-refractivity contribution in [1.29, 1.82) is 0 Å². The molecule has 1 aromatic carbocycles. The summed E-state index contributed by atoms with van der Waals surface area (Å²) in [5.74, 6) is 1.11. The lowest BCUT2D eigenvalue weighted by atomic mass is 9.89. The number of rotatable bonds is 0. The molecule has 0 saturated carbocycles. The number of para-hydroxylation sites is 1. The van der Waals surface area contributed by atoms with Crippen molar-refractivity contribution in [3.05, 3.63) is 29.8 Å². The van der Waals surface area contributed by atoms with E-state index in [1.165, 1.54) is 56.6 Å². The lowest BCUT2D eigenvalue weighted by molar-refractivity contribution is 0.111. The summed E-state index contributed by atoms with van der Waals surface area (Å²) in [6.07, 6.45) is 5.65. The summed E-state index contributed by atoms with van der Waals surface area (Å²) in [7, 11) is 0. The number of piperidine rings is 3. The maximum absolute atomic E-state index is 3.30. The molecule has 3 saturated heterocycles. The zero-order valence-corrected chi connectivity index (χ0v) is 10.5. The Morgan fingerprint density at radius 3 is 2.24 bits per heavy atom. The van der Waals surface area contributed by atoms with E-state index in [4.69, 9.17) is 0 Å². The maximum atomic E-state index is 3.30. The van der Waals surface area contributed by atoms with Gasteiger partial charge in [0.25, 0.3) is 0 Å². The molecule has 0 aromatic heterocycles. The van der Waals surface area contributed by atoms with Crippen molar-refractivity contribution in [3.63, 3.8) is 0 Å². The summed E-state index contributed by atoms with van der Waals surface area (Å²) < 4.78 is 0. The fourth-order valence-corrected chi connectivity index (χ4v) is 3.11. The van der Waals surface area contributed by atoms with Gasteiger partial charge in [-0.2, -0.15) is 0 Å². The van der Waals surface area contributed by atoms with Crippen LogP contribution in [0, 0.1) is 5.92 Å². The summed E-state index contributed by atoms with van der Waals surface area (Å²) >= 11 is 0. The Balaban J connectivity index is 0.000000107. The van der Waals surface area contributed by atoms with Crippen LogP contribution in [0.5, 0.6) is 0 Å². The molecule has 1 N–H and O–H groups in total. The second kappa shape index (κ2) is 5.09. The van der Waals surface area contributed by atoms with Crippen LogP contribution in [0.15, 0.2) is 24.3 Å². The molecular formula is C15H22N2. The van der Waals surface area contributed by atoms with Crippen molar-refractivity contribution < 1.29 is 0 Å². The molecule has 2 bridgehead atoms. The maximum Gasteiger partial charge on any atom is 0.0373 e. The van der Waals surface area contributed by atoms with Crippen LogP contribution in [-0.2, 0) is 6.42 Å². The number of hydrogen-bond donors (Lipinski definition) is 1. The van der Waals surface area contributed by atoms with Crippen LogP contribution < -0.4 is 5.32 Å². The molecule has 0 radical (unpaired) electrons. The van der Waals surface area contributed by atoms with Gasteiger partial charge in [-0.1, -0.05) is 18.2 Å². The Morgan fingerprint density at radius 2 is 1.71 bits per heavy atom. The molecule has 0 amide bonds. The molecule has 92 valence electrons. The zero-order chi connectivity index (χ0) is 11.5. The molecule has 2 heteroatoms. The average molecular weight is 230 g/mol.